The second kappa shape index (κ2) is 12.1. The molecule has 0 bridgehead atoms. The molecular weight excluding hydrogens is 558 g/mol. The van der Waals surface area contributed by atoms with Crippen molar-refractivity contribution in [3.63, 3.8) is 0 Å². The Balaban J connectivity index is 1.16. The van der Waals surface area contributed by atoms with Crippen LogP contribution < -0.4 is 0 Å². The second-order valence-electron chi connectivity index (χ2n) is 11.3. The largest absolute Gasteiger partial charge is 0.208 e. The van der Waals surface area contributed by atoms with Gasteiger partial charge in [-0.25, -0.2) is 15.0 Å². The van der Waals surface area contributed by atoms with Gasteiger partial charge < -0.3 is 0 Å². The predicted octanol–water partition coefficient (Wildman–Crippen LogP) is 11.0. The third-order valence-corrected chi connectivity index (χ3v) is 8.36. The van der Waals surface area contributed by atoms with E-state index < -0.39 is 0 Å². The van der Waals surface area contributed by atoms with Crippen molar-refractivity contribution in [3.8, 4) is 67.5 Å². The summed E-state index contributed by atoms with van der Waals surface area (Å²) in [6.07, 6.45) is 0. The Hall–Kier alpha value is -6.19. The van der Waals surface area contributed by atoms with E-state index in [1.807, 2.05) is 60.7 Å². The topological polar surface area (TPSA) is 38.7 Å². The van der Waals surface area contributed by atoms with Crippen molar-refractivity contribution in [3.05, 3.63) is 176 Å². The van der Waals surface area contributed by atoms with Crippen LogP contribution in [-0.2, 0) is 0 Å². The minimum atomic E-state index is 0.649. The molecule has 46 heavy (non-hydrogen) atoms. The predicted molar refractivity (Wildman–Crippen MR) is 190 cm³/mol. The molecule has 0 saturated carbocycles. The van der Waals surface area contributed by atoms with E-state index in [-0.39, 0.29) is 0 Å². The molecule has 216 valence electrons. The average molecular weight is 588 g/mol. The zero-order valence-corrected chi connectivity index (χ0v) is 25.1. The van der Waals surface area contributed by atoms with E-state index in [2.05, 4.69) is 115 Å². The molecule has 0 fully saturated rings. The summed E-state index contributed by atoms with van der Waals surface area (Å²) in [6, 6.07) is 61.2. The molecule has 0 atom stereocenters. The molecule has 3 nitrogen and oxygen atoms in total. The van der Waals surface area contributed by atoms with E-state index in [4.69, 9.17) is 15.0 Å². The van der Waals surface area contributed by atoms with Gasteiger partial charge in [0.15, 0.2) is 17.5 Å². The lowest BCUT2D eigenvalue weighted by Gasteiger charge is -2.13. The van der Waals surface area contributed by atoms with Crippen LogP contribution in [0.4, 0.5) is 0 Å². The highest BCUT2D eigenvalue weighted by molar-refractivity contribution is 6.05. The number of hydrogen-bond donors (Lipinski definition) is 0. The Morgan fingerprint density at radius 1 is 0.239 bits per heavy atom. The molecule has 1 aromatic heterocycles. The maximum atomic E-state index is 4.92. The van der Waals surface area contributed by atoms with Crippen LogP contribution in [0.15, 0.2) is 176 Å². The molecule has 0 aliphatic carbocycles. The van der Waals surface area contributed by atoms with Crippen molar-refractivity contribution in [2.24, 2.45) is 0 Å². The molecule has 7 aromatic carbocycles. The number of fused-ring (bicyclic) bond motifs is 1. The minimum absolute atomic E-state index is 0.649. The quantitative estimate of drug-likeness (QED) is 0.194. The second-order valence-corrected chi connectivity index (χ2v) is 11.3. The molecule has 8 aromatic rings. The van der Waals surface area contributed by atoms with Crippen molar-refractivity contribution in [2.45, 2.75) is 0 Å². The Morgan fingerprint density at radius 3 is 1.13 bits per heavy atom. The first-order valence-corrected chi connectivity index (χ1v) is 15.5. The molecule has 1 heterocycles. The van der Waals surface area contributed by atoms with Crippen LogP contribution in [0.5, 0.6) is 0 Å². The minimum Gasteiger partial charge on any atom is -0.208 e. The first-order chi connectivity index (χ1) is 22.8. The molecule has 0 amide bonds. The van der Waals surface area contributed by atoms with E-state index >= 15 is 0 Å². The molecule has 0 radical (unpaired) electrons. The fraction of sp³-hybridized carbons (Fsp3) is 0. The SMILES string of the molecule is c1ccc(-c2nc(-c3ccccc3)nc(-c3cccc(-c4ccc(-c5ccc(-c6ccccc6)c6ccccc56)cc4)c3)n2)cc1. The average Bonchev–Trinajstić information content (AvgIpc) is 3.15. The summed E-state index contributed by atoms with van der Waals surface area (Å²) < 4.78 is 0. The van der Waals surface area contributed by atoms with E-state index in [9.17, 15) is 0 Å². The smallest absolute Gasteiger partial charge is 0.164 e. The van der Waals surface area contributed by atoms with Crippen molar-refractivity contribution in [2.75, 3.05) is 0 Å². The number of rotatable bonds is 6. The molecular formula is C43H29N3. The van der Waals surface area contributed by atoms with Gasteiger partial charge in [-0.05, 0) is 50.2 Å². The Bertz CT molecular complexity index is 2220. The standard InChI is InChI=1S/C43H29N3/c1-4-13-31(14-5-1)37-27-28-38(40-22-11-10-21-39(37)40)32-25-23-30(24-26-32)35-19-12-20-36(29-35)43-45-41(33-15-6-2-7-16-33)44-42(46-43)34-17-8-3-9-18-34/h1-29H. The monoisotopic (exact) mass is 587 g/mol. The molecule has 0 spiro atoms. The van der Waals surface area contributed by atoms with Gasteiger partial charge in [-0.15, -0.1) is 0 Å². The summed E-state index contributed by atoms with van der Waals surface area (Å²) in [6.45, 7) is 0. The van der Waals surface area contributed by atoms with Crippen LogP contribution in [-0.4, -0.2) is 15.0 Å². The maximum absolute atomic E-state index is 4.92. The highest BCUT2D eigenvalue weighted by Gasteiger charge is 2.14. The van der Waals surface area contributed by atoms with Crippen molar-refractivity contribution < 1.29 is 0 Å². The fourth-order valence-electron chi connectivity index (χ4n) is 6.04. The lowest BCUT2D eigenvalue weighted by Crippen LogP contribution is -2.00. The Kier molecular flexibility index (Phi) is 7.18. The number of nitrogens with zero attached hydrogens (tertiary/aromatic N) is 3. The Labute approximate surface area is 268 Å². The third kappa shape index (κ3) is 5.36. The van der Waals surface area contributed by atoms with Crippen molar-refractivity contribution >= 4 is 10.8 Å². The summed E-state index contributed by atoms with van der Waals surface area (Å²) in [7, 11) is 0. The van der Waals surface area contributed by atoms with Crippen LogP contribution in [0.3, 0.4) is 0 Å². The van der Waals surface area contributed by atoms with E-state index in [1.165, 1.54) is 33.0 Å². The van der Waals surface area contributed by atoms with Crippen LogP contribution >= 0.6 is 0 Å². The summed E-state index contributed by atoms with van der Waals surface area (Å²) >= 11 is 0. The lowest BCUT2D eigenvalue weighted by molar-refractivity contribution is 1.07. The van der Waals surface area contributed by atoms with Gasteiger partial charge in [0, 0.05) is 16.7 Å². The normalized spacial score (nSPS) is 11.0. The van der Waals surface area contributed by atoms with E-state index in [0.29, 0.717) is 17.5 Å². The number of aromatic nitrogens is 3. The first-order valence-electron chi connectivity index (χ1n) is 15.5. The molecule has 0 aliphatic rings. The molecule has 0 unspecified atom stereocenters. The van der Waals surface area contributed by atoms with Gasteiger partial charge in [-0.1, -0.05) is 170 Å². The van der Waals surface area contributed by atoms with Crippen LogP contribution in [0.1, 0.15) is 0 Å². The third-order valence-electron chi connectivity index (χ3n) is 8.36. The van der Waals surface area contributed by atoms with E-state index in [1.54, 1.807) is 0 Å². The molecule has 3 heteroatoms. The molecule has 0 saturated heterocycles. The fourth-order valence-corrected chi connectivity index (χ4v) is 6.04. The zero-order chi connectivity index (χ0) is 30.7. The molecule has 8 rings (SSSR count). The Morgan fingerprint density at radius 2 is 0.609 bits per heavy atom. The van der Waals surface area contributed by atoms with Gasteiger partial charge in [0.1, 0.15) is 0 Å². The number of benzene rings is 7. The maximum Gasteiger partial charge on any atom is 0.164 e. The van der Waals surface area contributed by atoms with Crippen LogP contribution in [0.2, 0.25) is 0 Å². The molecule has 0 N–H and O–H groups in total. The van der Waals surface area contributed by atoms with Crippen molar-refractivity contribution in [1.82, 2.24) is 15.0 Å². The van der Waals surface area contributed by atoms with Gasteiger partial charge in [-0.3, -0.25) is 0 Å². The summed E-state index contributed by atoms with van der Waals surface area (Å²) in [5.41, 5.74) is 9.99. The van der Waals surface area contributed by atoms with Gasteiger partial charge in [0.25, 0.3) is 0 Å². The van der Waals surface area contributed by atoms with E-state index in [0.717, 1.165) is 27.8 Å². The highest BCUT2D eigenvalue weighted by Crippen LogP contribution is 2.36. The summed E-state index contributed by atoms with van der Waals surface area (Å²) in [5.74, 6) is 1.96. The zero-order valence-electron chi connectivity index (χ0n) is 25.1. The number of hydrogen-bond acceptors (Lipinski definition) is 3. The van der Waals surface area contributed by atoms with Gasteiger partial charge in [0.2, 0.25) is 0 Å². The van der Waals surface area contributed by atoms with Gasteiger partial charge >= 0.3 is 0 Å². The van der Waals surface area contributed by atoms with Crippen LogP contribution in [0, 0.1) is 0 Å². The van der Waals surface area contributed by atoms with Crippen molar-refractivity contribution in [1.29, 1.82) is 0 Å². The first kappa shape index (κ1) is 27.4. The van der Waals surface area contributed by atoms with Crippen LogP contribution in [0.25, 0.3) is 78.3 Å². The summed E-state index contributed by atoms with van der Waals surface area (Å²) in [4.78, 5) is 14.7. The highest BCUT2D eigenvalue weighted by atomic mass is 15.0. The lowest BCUT2D eigenvalue weighted by atomic mass is 9.91. The van der Waals surface area contributed by atoms with Gasteiger partial charge in [0.05, 0.1) is 0 Å². The van der Waals surface area contributed by atoms with Gasteiger partial charge in [-0.2, -0.15) is 0 Å². The summed E-state index contributed by atoms with van der Waals surface area (Å²) in [5, 5.41) is 2.50. The molecule has 0 aliphatic heterocycles.